The lowest BCUT2D eigenvalue weighted by Crippen LogP contribution is -2.28. The molecule has 1 atom stereocenters. The van der Waals surface area contributed by atoms with Gasteiger partial charge in [-0.25, -0.2) is 0 Å². The molecule has 1 aromatic heterocycles. The molecule has 24 heavy (non-hydrogen) atoms. The Morgan fingerprint density at radius 1 is 1.17 bits per heavy atom. The van der Waals surface area contributed by atoms with Crippen molar-refractivity contribution in [3.63, 3.8) is 0 Å². The summed E-state index contributed by atoms with van der Waals surface area (Å²) in [5, 5.41) is 0. The van der Waals surface area contributed by atoms with E-state index in [0.717, 1.165) is 25.4 Å². The highest BCUT2D eigenvalue weighted by Crippen LogP contribution is 2.27. The summed E-state index contributed by atoms with van der Waals surface area (Å²) in [6, 6.07) is 13.2. The molecule has 2 heterocycles. The molecule has 1 saturated carbocycles. The average Bonchev–Trinajstić information content (AvgIpc) is 3.33. The number of pyridine rings is 1. The van der Waals surface area contributed by atoms with E-state index in [9.17, 15) is 0 Å². The first-order valence-corrected chi connectivity index (χ1v) is 9.47. The normalized spacial score (nSPS) is 21.1. The fourth-order valence-electron chi connectivity index (χ4n) is 2.94. The van der Waals surface area contributed by atoms with Crippen LogP contribution in [-0.4, -0.2) is 35.1 Å². The van der Waals surface area contributed by atoms with Gasteiger partial charge in [0.1, 0.15) is 5.75 Å². The van der Waals surface area contributed by atoms with Crippen molar-refractivity contribution in [1.29, 1.82) is 0 Å². The van der Waals surface area contributed by atoms with Gasteiger partial charge in [0.25, 0.3) is 0 Å². The van der Waals surface area contributed by atoms with Gasteiger partial charge in [0.05, 0.1) is 6.10 Å². The van der Waals surface area contributed by atoms with Crippen LogP contribution in [0, 0.1) is 0 Å². The third kappa shape index (κ3) is 4.50. The van der Waals surface area contributed by atoms with Crippen LogP contribution >= 0.6 is 11.9 Å². The molecule has 2 fully saturated rings. The van der Waals surface area contributed by atoms with E-state index in [-0.39, 0.29) is 0 Å². The van der Waals surface area contributed by atoms with Gasteiger partial charge in [0, 0.05) is 43.0 Å². The molecule has 0 amide bonds. The van der Waals surface area contributed by atoms with Gasteiger partial charge in [-0.1, -0.05) is 12.1 Å². The van der Waals surface area contributed by atoms with Crippen LogP contribution in [0.25, 0.3) is 0 Å². The van der Waals surface area contributed by atoms with Crippen molar-refractivity contribution in [2.45, 2.75) is 42.8 Å². The maximum absolute atomic E-state index is 5.81. The van der Waals surface area contributed by atoms with Crippen molar-refractivity contribution in [2.75, 3.05) is 13.1 Å². The van der Waals surface area contributed by atoms with Crippen molar-refractivity contribution in [3.8, 4) is 5.75 Å². The first-order valence-electron chi connectivity index (χ1n) is 8.65. The standard InChI is InChI=1S/C19H23N3OS/c1-2-19(12-20-10-1)24-21-16-9-11-22(14-16)13-15-3-5-17(6-4-15)23-18-7-8-18/h1-6,10,12,16,18,21H,7-9,11,13-14H2/t16-/m1/s1. The van der Waals surface area contributed by atoms with Crippen molar-refractivity contribution in [2.24, 2.45) is 0 Å². The minimum Gasteiger partial charge on any atom is -0.490 e. The van der Waals surface area contributed by atoms with Crippen molar-refractivity contribution in [1.82, 2.24) is 14.6 Å². The molecule has 0 spiro atoms. The minimum atomic E-state index is 0.471. The van der Waals surface area contributed by atoms with E-state index < -0.39 is 0 Å². The lowest BCUT2D eigenvalue weighted by Gasteiger charge is -2.17. The predicted octanol–water partition coefficient (Wildman–Crippen LogP) is 3.49. The van der Waals surface area contributed by atoms with E-state index >= 15 is 0 Å². The van der Waals surface area contributed by atoms with Gasteiger partial charge in [-0.05, 0) is 61.0 Å². The molecule has 1 aliphatic heterocycles. The van der Waals surface area contributed by atoms with Crippen LogP contribution in [0.15, 0.2) is 53.7 Å². The molecule has 2 aromatic rings. The first kappa shape index (κ1) is 15.9. The second-order valence-electron chi connectivity index (χ2n) is 6.59. The summed E-state index contributed by atoms with van der Waals surface area (Å²) >= 11 is 1.68. The molecule has 4 nitrogen and oxygen atoms in total. The molecule has 1 aromatic carbocycles. The van der Waals surface area contributed by atoms with Crippen LogP contribution in [0.3, 0.4) is 0 Å². The quantitative estimate of drug-likeness (QED) is 0.780. The van der Waals surface area contributed by atoms with Crippen molar-refractivity contribution < 1.29 is 4.74 Å². The highest BCUT2D eigenvalue weighted by atomic mass is 32.2. The Kier molecular flexibility index (Phi) is 5.02. The molecule has 2 aliphatic rings. The summed E-state index contributed by atoms with van der Waals surface area (Å²) in [5.74, 6) is 1.01. The summed E-state index contributed by atoms with van der Waals surface area (Å²) in [6.45, 7) is 3.25. The van der Waals surface area contributed by atoms with Gasteiger partial charge in [-0.2, -0.15) is 0 Å². The van der Waals surface area contributed by atoms with Gasteiger partial charge < -0.3 is 4.74 Å². The fourth-order valence-corrected chi connectivity index (χ4v) is 3.70. The van der Waals surface area contributed by atoms with Crippen molar-refractivity contribution >= 4 is 11.9 Å². The molecule has 0 unspecified atom stereocenters. The number of hydrogen-bond donors (Lipinski definition) is 1. The smallest absolute Gasteiger partial charge is 0.119 e. The summed E-state index contributed by atoms with van der Waals surface area (Å²) < 4.78 is 9.38. The Morgan fingerprint density at radius 3 is 2.79 bits per heavy atom. The zero-order valence-electron chi connectivity index (χ0n) is 13.7. The minimum absolute atomic E-state index is 0.471. The van der Waals surface area contributed by atoms with E-state index in [1.807, 2.05) is 18.5 Å². The number of rotatable bonds is 7. The lowest BCUT2D eigenvalue weighted by molar-refractivity contribution is 0.302. The highest BCUT2D eigenvalue weighted by molar-refractivity contribution is 7.97. The summed E-state index contributed by atoms with van der Waals surface area (Å²) in [4.78, 5) is 7.83. The Balaban J connectivity index is 1.23. The molecular weight excluding hydrogens is 318 g/mol. The highest BCUT2D eigenvalue weighted by Gasteiger charge is 2.24. The lowest BCUT2D eigenvalue weighted by atomic mass is 10.2. The van der Waals surface area contributed by atoms with Gasteiger partial charge in [-0.15, -0.1) is 0 Å². The van der Waals surface area contributed by atoms with Crippen LogP contribution in [0.2, 0.25) is 0 Å². The summed E-state index contributed by atoms with van der Waals surface area (Å²) in [5.41, 5.74) is 1.36. The van der Waals surface area contributed by atoms with E-state index in [2.05, 4.69) is 44.9 Å². The second kappa shape index (κ2) is 7.55. The maximum atomic E-state index is 5.81. The van der Waals surface area contributed by atoms with Crippen LogP contribution < -0.4 is 9.46 Å². The van der Waals surface area contributed by atoms with Gasteiger partial charge in [-0.3, -0.25) is 14.6 Å². The number of hydrogen-bond acceptors (Lipinski definition) is 5. The molecule has 1 aliphatic carbocycles. The molecular formula is C19H23N3OS. The van der Waals surface area contributed by atoms with Crippen LogP contribution in [-0.2, 0) is 6.54 Å². The Morgan fingerprint density at radius 2 is 2.04 bits per heavy atom. The largest absolute Gasteiger partial charge is 0.490 e. The Hall–Kier alpha value is -1.56. The van der Waals surface area contributed by atoms with E-state index in [1.54, 1.807) is 11.9 Å². The topological polar surface area (TPSA) is 37.4 Å². The van der Waals surface area contributed by atoms with E-state index in [0.29, 0.717) is 12.1 Å². The maximum Gasteiger partial charge on any atom is 0.119 e. The average molecular weight is 341 g/mol. The molecule has 126 valence electrons. The van der Waals surface area contributed by atoms with Crippen LogP contribution in [0.1, 0.15) is 24.8 Å². The summed E-state index contributed by atoms with van der Waals surface area (Å²) in [6.07, 6.45) is 7.79. The molecule has 1 saturated heterocycles. The molecule has 1 N–H and O–H groups in total. The number of aromatic nitrogens is 1. The number of ether oxygens (including phenoxy) is 1. The Labute approximate surface area is 147 Å². The van der Waals surface area contributed by atoms with E-state index in [4.69, 9.17) is 4.74 Å². The molecule has 0 radical (unpaired) electrons. The molecule has 0 bridgehead atoms. The SMILES string of the molecule is c1cncc(SN[C@@H]2CCN(Cc3ccc(OC4CC4)cc3)C2)c1. The zero-order chi connectivity index (χ0) is 16.2. The zero-order valence-corrected chi connectivity index (χ0v) is 14.5. The third-order valence-corrected chi connectivity index (χ3v) is 5.34. The summed E-state index contributed by atoms with van der Waals surface area (Å²) in [7, 11) is 0. The van der Waals surface area contributed by atoms with Gasteiger partial charge in [0.15, 0.2) is 0 Å². The molecule has 5 heteroatoms. The number of nitrogens with one attached hydrogen (secondary N) is 1. The predicted molar refractivity (Wildman–Crippen MR) is 97.0 cm³/mol. The fraction of sp³-hybridized carbons (Fsp3) is 0.421. The van der Waals surface area contributed by atoms with Gasteiger partial charge in [0.2, 0.25) is 0 Å². The Bertz CT molecular complexity index is 645. The van der Waals surface area contributed by atoms with Crippen molar-refractivity contribution in [3.05, 3.63) is 54.4 Å². The number of nitrogens with zero attached hydrogens (tertiary/aromatic N) is 2. The number of likely N-dealkylation sites (tertiary alicyclic amines) is 1. The monoisotopic (exact) mass is 341 g/mol. The van der Waals surface area contributed by atoms with Gasteiger partial charge >= 0.3 is 0 Å². The molecule has 4 rings (SSSR count). The van der Waals surface area contributed by atoms with Crippen LogP contribution in [0.5, 0.6) is 5.75 Å². The van der Waals surface area contributed by atoms with Crippen LogP contribution in [0.4, 0.5) is 0 Å². The second-order valence-corrected chi connectivity index (χ2v) is 7.50. The van der Waals surface area contributed by atoms with E-state index in [1.165, 1.54) is 29.7 Å². The third-order valence-electron chi connectivity index (χ3n) is 4.41. The number of benzene rings is 1. The first-order chi connectivity index (χ1) is 11.8.